The molecule has 0 radical (unpaired) electrons. The fourth-order valence-electron chi connectivity index (χ4n) is 4.94. The van der Waals surface area contributed by atoms with Gasteiger partial charge < -0.3 is 19.9 Å². The number of hydrogen-bond donors (Lipinski definition) is 1. The SMILES string of the molecule is CC(C)Oc1ccc(CNC(=O)N(Cc2ccc(F)cc2)C2[C@@H]3C[C@H]2CN(C)C3)cc1. The molecule has 2 aromatic rings. The fraction of sp³-hybridized carbons (Fsp3) is 0.480. The Morgan fingerprint density at radius 1 is 1.10 bits per heavy atom. The van der Waals surface area contributed by atoms with Crippen LogP contribution >= 0.6 is 0 Å². The molecule has 0 aromatic heterocycles. The summed E-state index contributed by atoms with van der Waals surface area (Å²) in [5.74, 6) is 1.58. The van der Waals surface area contributed by atoms with Crippen LogP contribution < -0.4 is 10.1 Å². The number of carbonyl (C=O) groups is 1. The molecule has 2 fully saturated rings. The number of carbonyl (C=O) groups excluding carboxylic acids is 1. The van der Waals surface area contributed by atoms with Crippen LogP contribution in [0.1, 0.15) is 31.4 Å². The summed E-state index contributed by atoms with van der Waals surface area (Å²) in [4.78, 5) is 17.6. The van der Waals surface area contributed by atoms with Crippen molar-refractivity contribution in [3.05, 3.63) is 65.5 Å². The summed E-state index contributed by atoms with van der Waals surface area (Å²) in [6.45, 7) is 6.99. The number of nitrogens with one attached hydrogen (secondary N) is 1. The van der Waals surface area contributed by atoms with Gasteiger partial charge in [0.1, 0.15) is 11.6 Å². The number of piperidine rings is 2. The van der Waals surface area contributed by atoms with Crippen LogP contribution in [-0.2, 0) is 13.1 Å². The molecule has 1 saturated heterocycles. The molecular formula is C25H32FN3O2. The maximum absolute atomic E-state index is 13.3. The van der Waals surface area contributed by atoms with E-state index in [1.54, 1.807) is 12.1 Å². The van der Waals surface area contributed by atoms with Gasteiger partial charge in [-0.25, -0.2) is 9.18 Å². The van der Waals surface area contributed by atoms with Gasteiger partial charge in [0.25, 0.3) is 0 Å². The molecule has 2 aliphatic rings. The lowest BCUT2D eigenvalue weighted by Crippen LogP contribution is -2.65. The van der Waals surface area contributed by atoms with Gasteiger partial charge in [0.15, 0.2) is 0 Å². The highest BCUT2D eigenvalue weighted by Crippen LogP contribution is 2.43. The van der Waals surface area contributed by atoms with Gasteiger partial charge in [-0.15, -0.1) is 0 Å². The smallest absolute Gasteiger partial charge is 0.318 e. The third kappa shape index (κ3) is 5.18. The quantitative estimate of drug-likeness (QED) is 0.720. The lowest BCUT2D eigenvalue weighted by molar-refractivity contribution is -0.0540. The minimum atomic E-state index is -0.258. The number of halogens is 1. The summed E-state index contributed by atoms with van der Waals surface area (Å²) < 4.78 is 19.0. The Morgan fingerprint density at radius 2 is 1.71 bits per heavy atom. The Morgan fingerprint density at radius 3 is 2.32 bits per heavy atom. The van der Waals surface area contributed by atoms with E-state index in [2.05, 4.69) is 17.3 Å². The zero-order valence-electron chi connectivity index (χ0n) is 18.6. The first-order valence-electron chi connectivity index (χ1n) is 11.1. The number of benzene rings is 2. The predicted molar refractivity (Wildman–Crippen MR) is 119 cm³/mol. The minimum Gasteiger partial charge on any atom is -0.491 e. The number of ether oxygens (including phenoxy) is 1. The van der Waals surface area contributed by atoms with E-state index >= 15 is 0 Å². The fourth-order valence-corrected chi connectivity index (χ4v) is 4.94. The van der Waals surface area contributed by atoms with Gasteiger partial charge >= 0.3 is 6.03 Å². The van der Waals surface area contributed by atoms with Gasteiger partial charge in [0, 0.05) is 32.2 Å². The Balaban J connectivity index is 1.43. The second-order valence-electron chi connectivity index (χ2n) is 9.19. The average molecular weight is 426 g/mol. The summed E-state index contributed by atoms with van der Waals surface area (Å²) in [5, 5.41) is 3.10. The number of fused-ring (bicyclic) bond motifs is 2. The van der Waals surface area contributed by atoms with E-state index in [0.717, 1.165) is 30.0 Å². The lowest BCUT2D eigenvalue weighted by atomic mass is 9.65. The molecule has 5 nitrogen and oxygen atoms in total. The predicted octanol–water partition coefficient (Wildman–Crippen LogP) is 4.27. The van der Waals surface area contributed by atoms with Crippen molar-refractivity contribution in [2.45, 2.75) is 45.5 Å². The molecule has 1 heterocycles. The van der Waals surface area contributed by atoms with E-state index in [4.69, 9.17) is 4.74 Å². The zero-order valence-corrected chi connectivity index (χ0v) is 18.6. The molecule has 31 heavy (non-hydrogen) atoms. The molecule has 1 aliphatic carbocycles. The third-order valence-electron chi connectivity index (χ3n) is 6.29. The Hall–Kier alpha value is -2.60. The first-order chi connectivity index (χ1) is 14.9. The lowest BCUT2D eigenvalue weighted by Gasteiger charge is -2.56. The van der Waals surface area contributed by atoms with E-state index < -0.39 is 0 Å². The van der Waals surface area contributed by atoms with Crippen LogP contribution in [0.2, 0.25) is 0 Å². The van der Waals surface area contributed by atoms with E-state index in [1.165, 1.54) is 18.6 Å². The molecule has 1 aliphatic heterocycles. The van der Waals surface area contributed by atoms with Crippen molar-refractivity contribution in [3.63, 3.8) is 0 Å². The molecule has 2 bridgehead atoms. The van der Waals surface area contributed by atoms with E-state index in [1.807, 2.05) is 43.0 Å². The molecule has 166 valence electrons. The normalized spacial score (nSPS) is 22.7. The van der Waals surface area contributed by atoms with Crippen molar-refractivity contribution in [3.8, 4) is 5.75 Å². The molecule has 1 unspecified atom stereocenters. The highest BCUT2D eigenvalue weighted by molar-refractivity contribution is 5.75. The van der Waals surface area contributed by atoms with Crippen molar-refractivity contribution >= 4 is 6.03 Å². The van der Waals surface area contributed by atoms with E-state index in [-0.39, 0.29) is 24.0 Å². The Labute approximate surface area is 184 Å². The molecule has 2 amide bonds. The molecule has 0 spiro atoms. The highest BCUT2D eigenvalue weighted by atomic mass is 19.1. The maximum atomic E-state index is 13.3. The molecular weight excluding hydrogens is 393 g/mol. The van der Waals surface area contributed by atoms with Gasteiger partial charge in [-0.1, -0.05) is 24.3 Å². The van der Waals surface area contributed by atoms with Crippen molar-refractivity contribution in [2.24, 2.45) is 11.8 Å². The van der Waals surface area contributed by atoms with Crippen LogP contribution in [0, 0.1) is 17.7 Å². The molecule has 1 saturated carbocycles. The van der Waals surface area contributed by atoms with E-state index in [0.29, 0.717) is 24.9 Å². The molecule has 1 N–H and O–H groups in total. The van der Waals surface area contributed by atoms with Crippen LogP contribution in [-0.4, -0.2) is 48.1 Å². The summed E-state index contributed by atoms with van der Waals surface area (Å²) >= 11 is 0. The Kier molecular flexibility index (Phi) is 6.46. The summed E-state index contributed by atoms with van der Waals surface area (Å²) in [6.07, 6.45) is 1.31. The van der Waals surface area contributed by atoms with E-state index in [9.17, 15) is 9.18 Å². The minimum absolute atomic E-state index is 0.0592. The summed E-state index contributed by atoms with van der Waals surface area (Å²) in [7, 11) is 2.15. The first kappa shape index (κ1) is 21.6. The van der Waals surface area contributed by atoms with Crippen molar-refractivity contribution in [1.82, 2.24) is 15.1 Å². The molecule has 3 atom stereocenters. The summed E-state index contributed by atoms with van der Waals surface area (Å²) in [6, 6.07) is 14.5. The van der Waals surface area contributed by atoms with Gasteiger partial charge in [-0.05, 0) is 74.5 Å². The second kappa shape index (κ2) is 9.27. The maximum Gasteiger partial charge on any atom is 0.318 e. The number of urea groups is 1. The topological polar surface area (TPSA) is 44.8 Å². The van der Waals surface area contributed by atoms with Crippen molar-refractivity contribution in [2.75, 3.05) is 20.1 Å². The van der Waals surface area contributed by atoms with Crippen LogP contribution in [0.3, 0.4) is 0 Å². The largest absolute Gasteiger partial charge is 0.491 e. The van der Waals surface area contributed by atoms with Crippen LogP contribution in [0.15, 0.2) is 48.5 Å². The number of rotatable bonds is 7. The standard InChI is InChI=1S/C25H32FN3O2/c1-17(2)31-23-10-6-18(7-11-23)13-27-25(30)29(14-19-4-8-22(26)9-5-19)24-20-12-21(24)16-28(3)15-20/h4-11,17,20-21,24H,12-16H2,1-3H3,(H,27,30)/t20-,21+,24?. The van der Waals surface area contributed by atoms with Gasteiger partial charge in [0.2, 0.25) is 0 Å². The Bertz CT molecular complexity index is 873. The van der Waals surface area contributed by atoms with Gasteiger partial charge in [0.05, 0.1) is 6.10 Å². The highest BCUT2D eigenvalue weighted by Gasteiger charge is 2.49. The third-order valence-corrected chi connectivity index (χ3v) is 6.29. The first-order valence-corrected chi connectivity index (χ1v) is 11.1. The average Bonchev–Trinajstić information content (AvgIpc) is 2.73. The summed E-state index contributed by atoms with van der Waals surface area (Å²) in [5.41, 5.74) is 1.98. The van der Waals surface area contributed by atoms with Crippen molar-refractivity contribution < 1.29 is 13.9 Å². The zero-order chi connectivity index (χ0) is 22.0. The van der Waals surface area contributed by atoms with Crippen LogP contribution in [0.5, 0.6) is 5.75 Å². The number of likely N-dealkylation sites (tertiary alicyclic amines) is 1. The molecule has 6 heteroatoms. The second-order valence-corrected chi connectivity index (χ2v) is 9.19. The van der Waals surface area contributed by atoms with Crippen LogP contribution in [0.25, 0.3) is 0 Å². The number of hydrogen-bond acceptors (Lipinski definition) is 3. The molecule has 2 aromatic carbocycles. The van der Waals surface area contributed by atoms with Crippen LogP contribution in [0.4, 0.5) is 9.18 Å². The number of amides is 2. The molecule has 4 rings (SSSR count). The monoisotopic (exact) mass is 425 g/mol. The van der Waals surface area contributed by atoms with Gasteiger partial charge in [-0.3, -0.25) is 0 Å². The van der Waals surface area contributed by atoms with Crippen molar-refractivity contribution in [1.29, 1.82) is 0 Å². The number of nitrogens with zero attached hydrogens (tertiary/aromatic N) is 2. The van der Waals surface area contributed by atoms with Gasteiger partial charge in [-0.2, -0.15) is 0 Å².